The lowest BCUT2D eigenvalue weighted by Crippen LogP contribution is -2.43. The molecule has 0 saturated heterocycles. The van der Waals surface area contributed by atoms with Crippen molar-refractivity contribution in [1.82, 2.24) is 4.31 Å². The minimum atomic E-state index is -3.84. The quantitative estimate of drug-likeness (QED) is 0.923. The van der Waals surface area contributed by atoms with Gasteiger partial charge in [0.25, 0.3) is 10.0 Å². The fraction of sp³-hybridized carbons (Fsp3) is 0.312. The van der Waals surface area contributed by atoms with Gasteiger partial charge in [0.15, 0.2) is 0 Å². The Hall–Kier alpha value is -1.70. The summed E-state index contributed by atoms with van der Waals surface area (Å²) in [6, 6.07) is 7.77. The minimum absolute atomic E-state index is 0.173. The highest BCUT2D eigenvalue weighted by molar-refractivity contribution is 7.91. The lowest BCUT2D eigenvalue weighted by molar-refractivity contribution is -0.142. The van der Waals surface area contributed by atoms with Gasteiger partial charge >= 0.3 is 5.97 Å². The summed E-state index contributed by atoms with van der Waals surface area (Å²) in [5, 5.41) is 9.64. The van der Waals surface area contributed by atoms with E-state index in [2.05, 4.69) is 0 Å². The monoisotopic (exact) mass is 351 g/mol. The largest absolute Gasteiger partial charge is 0.480 e. The van der Waals surface area contributed by atoms with E-state index in [4.69, 9.17) is 0 Å². The summed E-state index contributed by atoms with van der Waals surface area (Å²) in [6.45, 7) is 3.76. The molecule has 1 aliphatic rings. The molecular weight excluding hydrogens is 334 g/mol. The normalized spacial score (nSPS) is 18.6. The number of carbonyl (C=O) groups is 1. The van der Waals surface area contributed by atoms with Gasteiger partial charge in [-0.2, -0.15) is 4.31 Å². The Morgan fingerprint density at radius 3 is 2.61 bits per heavy atom. The van der Waals surface area contributed by atoms with Crippen LogP contribution in [0.5, 0.6) is 0 Å². The number of sulfonamides is 1. The summed E-state index contributed by atoms with van der Waals surface area (Å²) in [4.78, 5) is 12.7. The molecule has 0 fully saturated rings. The zero-order valence-electron chi connectivity index (χ0n) is 12.8. The van der Waals surface area contributed by atoms with Gasteiger partial charge in [-0.25, -0.2) is 8.42 Å². The van der Waals surface area contributed by atoms with Gasteiger partial charge in [-0.15, -0.1) is 11.3 Å². The fourth-order valence-electron chi connectivity index (χ4n) is 3.04. The van der Waals surface area contributed by atoms with E-state index in [9.17, 15) is 18.3 Å². The molecule has 1 atom stereocenters. The molecule has 0 radical (unpaired) electrons. The van der Waals surface area contributed by atoms with E-state index < -0.39 is 22.0 Å². The lowest BCUT2D eigenvalue weighted by atomic mass is 9.94. The van der Waals surface area contributed by atoms with Gasteiger partial charge in [-0.3, -0.25) is 4.79 Å². The van der Waals surface area contributed by atoms with Crippen LogP contribution in [-0.4, -0.2) is 30.3 Å². The van der Waals surface area contributed by atoms with E-state index >= 15 is 0 Å². The zero-order valence-corrected chi connectivity index (χ0v) is 14.4. The summed E-state index contributed by atoms with van der Waals surface area (Å²) in [5.74, 6) is -1.15. The molecular formula is C16H17NO4S2. The third kappa shape index (κ3) is 2.69. The van der Waals surface area contributed by atoms with Crippen LogP contribution in [0.1, 0.15) is 27.6 Å². The molecule has 3 rings (SSSR count). The van der Waals surface area contributed by atoms with E-state index in [0.717, 1.165) is 14.7 Å². The van der Waals surface area contributed by atoms with Crippen LogP contribution < -0.4 is 0 Å². The first-order valence-electron chi connectivity index (χ1n) is 7.22. The molecule has 2 heterocycles. The second-order valence-corrected chi connectivity index (χ2v) is 8.98. The third-order valence-electron chi connectivity index (χ3n) is 4.01. The van der Waals surface area contributed by atoms with E-state index in [0.29, 0.717) is 17.5 Å². The second-order valence-electron chi connectivity index (χ2n) is 5.63. The van der Waals surface area contributed by atoms with Crippen molar-refractivity contribution >= 4 is 27.3 Å². The molecule has 0 bridgehead atoms. The highest BCUT2D eigenvalue weighted by Gasteiger charge is 2.41. The molecule has 1 aromatic carbocycles. The summed E-state index contributed by atoms with van der Waals surface area (Å²) in [5.41, 5.74) is 2.11. The number of fused-ring (bicyclic) bond motifs is 1. The van der Waals surface area contributed by atoms with Crippen molar-refractivity contribution in [3.05, 3.63) is 51.9 Å². The fourth-order valence-corrected chi connectivity index (χ4v) is 6.38. The van der Waals surface area contributed by atoms with Crippen molar-refractivity contribution < 1.29 is 18.3 Å². The average molecular weight is 351 g/mol. The van der Waals surface area contributed by atoms with Crippen molar-refractivity contribution in [3.63, 3.8) is 0 Å². The van der Waals surface area contributed by atoms with Gasteiger partial charge < -0.3 is 5.11 Å². The summed E-state index contributed by atoms with van der Waals surface area (Å²) in [7, 11) is -3.84. The van der Waals surface area contributed by atoms with Crippen molar-refractivity contribution in [2.45, 2.75) is 30.5 Å². The van der Waals surface area contributed by atoms with Gasteiger partial charge in [-0.05, 0) is 43.0 Å². The molecule has 23 heavy (non-hydrogen) atoms. The van der Waals surface area contributed by atoms with Gasteiger partial charge in [0.2, 0.25) is 0 Å². The Balaban J connectivity index is 2.12. The number of aliphatic carboxylic acids is 1. The number of hydrogen-bond acceptors (Lipinski definition) is 4. The first-order valence-corrected chi connectivity index (χ1v) is 9.47. The molecule has 1 aliphatic heterocycles. The van der Waals surface area contributed by atoms with Crippen molar-refractivity contribution in [1.29, 1.82) is 0 Å². The molecule has 5 nitrogen and oxygen atoms in total. The van der Waals surface area contributed by atoms with Gasteiger partial charge in [0, 0.05) is 11.4 Å². The zero-order chi connectivity index (χ0) is 16.8. The predicted molar refractivity (Wildman–Crippen MR) is 88.2 cm³/mol. The number of nitrogens with zero attached hydrogens (tertiary/aromatic N) is 1. The molecule has 1 N–H and O–H groups in total. The topological polar surface area (TPSA) is 74.7 Å². The highest BCUT2D eigenvalue weighted by atomic mass is 32.2. The highest BCUT2D eigenvalue weighted by Crippen LogP contribution is 2.37. The van der Waals surface area contributed by atoms with Gasteiger partial charge in [0.05, 0.1) is 0 Å². The van der Waals surface area contributed by atoms with Crippen LogP contribution in [0, 0.1) is 13.8 Å². The van der Waals surface area contributed by atoms with Crippen LogP contribution in [0.2, 0.25) is 0 Å². The number of hydrogen-bond donors (Lipinski definition) is 1. The number of carboxylic acid groups (broad SMARTS) is 1. The molecule has 7 heteroatoms. The van der Waals surface area contributed by atoms with Gasteiger partial charge in [0.1, 0.15) is 10.3 Å². The summed E-state index contributed by atoms with van der Waals surface area (Å²) < 4.78 is 27.4. The Morgan fingerprint density at radius 2 is 2.00 bits per heavy atom. The Kier molecular flexibility index (Phi) is 4.03. The van der Waals surface area contributed by atoms with Crippen LogP contribution in [-0.2, 0) is 21.2 Å². The Labute approximate surface area is 139 Å². The van der Waals surface area contributed by atoms with Crippen LogP contribution in [0.15, 0.2) is 34.5 Å². The number of rotatable bonds is 3. The van der Waals surface area contributed by atoms with E-state index in [1.807, 2.05) is 25.1 Å². The maximum Gasteiger partial charge on any atom is 0.326 e. The van der Waals surface area contributed by atoms with Gasteiger partial charge in [-0.1, -0.05) is 24.3 Å². The third-order valence-corrected chi connectivity index (χ3v) is 7.64. The first kappa shape index (κ1) is 16.2. The molecule has 122 valence electrons. The number of carboxylic acids is 1. The smallest absolute Gasteiger partial charge is 0.326 e. The number of thiophene rings is 1. The van der Waals surface area contributed by atoms with Crippen LogP contribution in [0.3, 0.4) is 0 Å². The molecule has 1 aromatic heterocycles. The SMILES string of the molecule is Cc1cc(C)c(S(=O)(=O)N2CCc3ccccc3C2C(=O)O)s1. The summed E-state index contributed by atoms with van der Waals surface area (Å²) in [6.07, 6.45) is 0.516. The summed E-state index contributed by atoms with van der Waals surface area (Å²) >= 11 is 1.19. The van der Waals surface area contributed by atoms with Crippen LogP contribution >= 0.6 is 11.3 Å². The standard InChI is InChI=1S/C16H17NO4S2/c1-10-9-11(2)22-16(10)23(20,21)17-8-7-12-5-3-4-6-13(12)14(17)15(18)19/h3-6,9,14H,7-8H2,1-2H3,(H,18,19). The van der Waals surface area contributed by atoms with E-state index in [1.54, 1.807) is 19.1 Å². The van der Waals surface area contributed by atoms with E-state index in [-0.39, 0.29) is 10.8 Å². The molecule has 2 aromatic rings. The maximum atomic E-state index is 13.0. The minimum Gasteiger partial charge on any atom is -0.480 e. The second kappa shape index (κ2) is 5.74. The number of aryl methyl sites for hydroxylation is 2. The average Bonchev–Trinajstić information content (AvgIpc) is 2.85. The lowest BCUT2D eigenvalue weighted by Gasteiger charge is -2.33. The predicted octanol–water partition coefficient (Wildman–Crippen LogP) is 2.74. The molecule has 0 aliphatic carbocycles. The molecule has 0 saturated carbocycles. The van der Waals surface area contributed by atoms with Crippen molar-refractivity contribution in [2.24, 2.45) is 0 Å². The Morgan fingerprint density at radius 1 is 1.30 bits per heavy atom. The molecule has 0 amide bonds. The van der Waals surface area contributed by atoms with Crippen molar-refractivity contribution in [3.8, 4) is 0 Å². The first-order chi connectivity index (χ1) is 10.8. The van der Waals surface area contributed by atoms with Crippen LogP contribution in [0.25, 0.3) is 0 Å². The molecule has 0 spiro atoms. The van der Waals surface area contributed by atoms with E-state index in [1.165, 1.54) is 11.3 Å². The van der Waals surface area contributed by atoms with Crippen molar-refractivity contribution in [2.75, 3.05) is 6.54 Å². The molecule has 1 unspecified atom stereocenters. The maximum absolute atomic E-state index is 13.0. The number of benzene rings is 1. The van der Waals surface area contributed by atoms with Crippen LogP contribution in [0.4, 0.5) is 0 Å². The Bertz CT molecular complexity index is 870.